The molecule has 0 fully saturated rings. The highest BCUT2D eigenvalue weighted by atomic mass is 15.2. The fourth-order valence-corrected chi connectivity index (χ4v) is 1.51. The maximum absolute atomic E-state index is 4.22. The number of imidazole rings is 1. The molecule has 0 aliphatic rings. The number of aromatic nitrogens is 4. The van der Waals surface area contributed by atoms with Gasteiger partial charge < -0.3 is 10.3 Å². The minimum absolute atomic E-state index is 0.717. The van der Waals surface area contributed by atoms with Gasteiger partial charge in [0.15, 0.2) is 5.82 Å². The van der Waals surface area contributed by atoms with Crippen LogP contribution in [0.4, 0.5) is 5.82 Å². The van der Waals surface area contributed by atoms with Gasteiger partial charge in [-0.3, -0.25) is 5.10 Å². The number of rotatable bonds is 4. The van der Waals surface area contributed by atoms with E-state index in [4.69, 9.17) is 0 Å². The highest BCUT2D eigenvalue weighted by Gasteiger charge is 2.06. The summed E-state index contributed by atoms with van der Waals surface area (Å²) in [4.78, 5) is 6.99. The van der Waals surface area contributed by atoms with E-state index in [1.165, 1.54) is 11.3 Å². The third-order valence-corrected chi connectivity index (χ3v) is 2.47. The number of H-pyrrole nitrogens is 2. The van der Waals surface area contributed by atoms with Gasteiger partial charge >= 0.3 is 0 Å². The van der Waals surface area contributed by atoms with Gasteiger partial charge in [-0.25, -0.2) is 4.98 Å². The summed E-state index contributed by atoms with van der Waals surface area (Å²) < 4.78 is 0. The highest BCUT2D eigenvalue weighted by Crippen LogP contribution is 2.15. The van der Waals surface area contributed by atoms with Crippen molar-refractivity contribution in [1.82, 2.24) is 20.2 Å². The summed E-state index contributed by atoms with van der Waals surface area (Å²) in [5, 5.41) is 10.5. The van der Waals surface area contributed by atoms with Crippen LogP contribution in [0.15, 0.2) is 12.5 Å². The maximum Gasteiger partial charge on any atom is 0.151 e. The molecule has 15 heavy (non-hydrogen) atoms. The average Bonchev–Trinajstić information content (AvgIpc) is 2.85. The van der Waals surface area contributed by atoms with Crippen LogP contribution in [0.3, 0.4) is 0 Å². The summed E-state index contributed by atoms with van der Waals surface area (Å²) in [6, 6.07) is 0. The zero-order valence-corrected chi connectivity index (χ0v) is 8.96. The van der Waals surface area contributed by atoms with Gasteiger partial charge in [-0.1, -0.05) is 6.92 Å². The minimum atomic E-state index is 0.717. The summed E-state index contributed by atoms with van der Waals surface area (Å²) in [6.07, 6.45) is 4.45. The van der Waals surface area contributed by atoms with Crippen LogP contribution in [0.5, 0.6) is 0 Å². The fourth-order valence-electron chi connectivity index (χ4n) is 1.51. The van der Waals surface area contributed by atoms with Crippen LogP contribution in [0.1, 0.15) is 23.9 Å². The van der Waals surface area contributed by atoms with Crippen molar-refractivity contribution in [3.8, 4) is 0 Å². The topological polar surface area (TPSA) is 69.4 Å². The lowest BCUT2D eigenvalue weighted by Crippen LogP contribution is -2.01. The van der Waals surface area contributed by atoms with Crippen molar-refractivity contribution in [3.63, 3.8) is 0 Å². The molecule has 0 amide bonds. The molecule has 0 aliphatic heterocycles. The number of hydrogen-bond donors (Lipinski definition) is 3. The van der Waals surface area contributed by atoms with Crippen molar-refractivity contribution in [2.75, 3.05) is 5.32 Å². The summed E-state index contributed by atoms with van der Waals surface area (Å²) in [5.41, 5.74) is 3.43. The van der Waals surface area contributed by atoms with Gasteiger partial charge in [-0.05, 0) is 13.3 Å². The maximum atomic E-state index is 4.22. The van der Waals surface area contributed by atoms with Crippen molar-refractivity contribution in [2.45, 2.75) is 26.8 Å². The summed E-state index contributed by atoms with van der Waals surface area (Å²) >= 11 is 0. The molecule has 2 rings (SSSR count). The molecular formula is C10H15N5. The first kappa shape index (κ1) is 9.76. The highest BCUT2D eigenvalue weighted by molar-refractivity contribution is 5.45. The lowest BCUT2D eigenvalue weighted by atomic mass is 10.2. The molecule has 0 aromatic carbocycles. The van der Waals surface area contributed by atoms with E-state index in [9.17, 15) is 0 Å². The first-order chi connectivity index (χ1) is 7.31. The van der Waals surface area contributed by atoms with E-state index in [1.807, 2.05) is 0 Å². The Labute approximate surface area is 88.3 Å². The van der Waals surface area contributed by atoms with Gasteiger partial charge in [0.25, 0.3) is 0 Å². The van der Waals surface area contributed by atoms with Crippen LogP contribution in [0.25, 0.3) is 0 Å². The zero-order chi connectivity index (χ0) is 10.7. The number of hydrogen-bond acceptors (Lipinski definition) is 3. The Hall–Kier alpha value is -1.78. The summed E-state index contributed by atoms with van der Waals surface area (Å²) in [5.74, 6) is 0.918. The predicted octanol–water partition coefficient (Wildman–Crippen LogP) is 1.62. The molecule has 5 heteroatoms. The van der Waals surface area contributed by atoms with E-state index in [0.717, 1.165) is 24.5 Å². The minimum Gasteiger partial charge on any atom is -0.363 e. The molecule has 0 aliphatic carbocycles. The lowest BCUT2D eigenvalue weighted by Gasteiger charge is -2.01. The van der Waals surface area contributed by atoms with Gasteiger partial charge in [0.2, 0.25) is 0 Å². The van der Waals surface area contributed by atoms with E-state index in [0.29, 0.717) is 0 Å². The Morgan fingerprint density at radius 1 is 1.47 bits per heavy atom. The van der Waals surface area contributed by atoms with Crippen LogP contribution >= 0.6 is 0 Å². The quantitative estimate of drug-likeness (QED) is 0.710. The van der Waals surface area contributed by atoms with Crippen molar-refractivity contribution in [3.05, 3.63) is 29.5 Å². The third-order valence-electron chi connectivity index (χ3n) is 2.47. The number of nitrogens with one attached hydrogen (secondary N) is 3. The van der Waals surface area contributed by atoms with Crippen molar-refractivity contribution in [1.29, 1.82) is 0 Å². The van der Waals surface area contributed by atoms with Gasteiger partial charge in [0.05, 0.1) is 18.6 Å². The molecule has 3 N–H and O–H groups in total. The molecule has 0 saturated carbocycles. The monoisotopic (exact) mass is 205 g/mol. The molecule has 0 unspecified atom stereocenters. The third kappa shape index (κ3) is 2.01. The molecule has 2 aromatic rings. The molecule has 2 heterocycles. The Morgan fingerprint density at radius 3 is 2.93 bits per heavy atom. The fraction of sp³-hybridized carbons (Fsp3) is 0.400. The van der Waals surface area contributed by atoms with Gasteiger partial charge in [-0.15, -0.1) is 0 Å². The molecule has 0 radical (unpaired) electrons. The second-order valence-corrected chi connectivity index (χ2v) is 3.46. The molecule has 0 spiro atoms. The number of aromatic amines is 2. The van der Waals surface area contributed by atoms with E-state index in [1.54, 1.807) is 12.5 Å². The number of aryl methyl sites for hydroxylation is 1. The largest absolute Gasteiger partial charge is 0.363 e. The van der Waals surface area contributed by atoms with E-state index < -0.39 is 0 Å². The Kier molecular flexibility index (Phi) is 2.71. The molecule has 0 saturated heterocycles. The summed E-state index contributed by atoms with van der Waals surface area (Å²) in [7, 11) is 0. The molecule has 2 aromatic heterocycles. The second kappa shape index (κ2) is 4.16. The van der Waals surface area contributed by atoms with E-state index >= 15 is 0 Å². The zero-order valence-electron chi connectivity index (χ0n) is 8.96. The Morgan fingerprint density at radius 2 is 2.33 bits per heavy atom. The smallest absolute Gasteiger partial charge is 0.151 e. The molecule has 5 nitrogen and oxygen atoms in total. The Bertz CT molecular complexity index is 415. The predicted molar refractivity (Wildman–Crippen MR) is 58.6 cm³/mol. The van der Waals surface area contributed by atoms with Crippen LogP contribution in [0.2, 0.25) is 0 Å². The standard InChI is InChI=1S/C10H15N5/c1-3-9-7(2)10(15-14-9)12-5-8-4-11-6-13-8/h4,6H,3,5H2,1-2H3,(H,11,13)(H2,12,14,15). The SMILES string of the molecule is CCc1[nH]nc(NCc2cnc[nH]2)c1C. The van der Waals surface area contributed by atoms with Crippen LogP contribution in [0, 0.1) is 6.92 Å². The van der Waals surface area contributed by atoms with Crippen LogP contribution in [-0.4, -0.2) is 20.2 Å². The van der Waals surface area contributed by atoms with Crippen LogP contribution in [-0.2, 0) is 13.0 Å². The normalized spacial score (nSPS) is 10.5. The number of nitrogens with zero attached hydrogens (tertiary/aromatic N) is 2. The molecule has 0 atom stereocenters. The second-order valence-electron chi connectivity index (χ2n) is 3.46. The van der Waals surface area contributed by atoms with Crippen molar-refractivity contribution in [2.24, 2.45) is 0 Å². The van der Waals surface area contributed by atoms with Crippen LogP contribution < -0.4 is 5.32 Å². The average molecular weight is 205 g/mol. The molecule has 0 bridgehead atoms. The van der Waals surface area contributed by atoms with Crippen molar-refractivity contribution < 1.29 is 0 Å². The van der Waals surface area contributed by atoms with Gasteiger partial charge in [0, 0.05) is 17.5 Å². The van der Waals surface area contributed by atoms with Gasteiger partial charge in [0.1, 0.15) is 0 Å². The number of anilines is 1. The summed E-state index contributed by atoms with van der Waals surface area (Å²) in [6.45, 7) is 4.89. The first-order valence-electron chi connectivity index (χ1n) is 5.06. The molecular weight excluding hydrogens is 190 g/mol. The van der Waals surface area contributed by atoms with E-state index in [2.05, 4.69) is 39.3 Å². The lowest BCUT2D eigenvalue weighted by molar-refractivity contribution is 0.963. The Balaban J connectivity index is 2.02. The first-order valence-corrected chi connectivity index (χ1v) is 5.06. The van der Waals surface area contributed by atoms with Gasteiger partial charge in [-0.2, -0.15) is 5.10 Å². The van der Waals surface area contributed by atoms with Crippen molar-refractivity contribution >= 4 is 5.82 Å². The molecule has 80 valence electrons. The van der Waals surface area contributed by atoms with E-state index in [-0.39, 0.29) is 0 Å².